The van der Waals surface area contributed by atoms with Crippen molar-refractivity contribution in [1.29, 1.82) is 0 Å². The van der Waals surface area contributed by atoms with Gasteiger partial charge in [0.05, 0.1) is 6.42 Å². The zero-order chi connectivity index (χ0) is 24.1. The number of methoxy groups -OCH3 is 2. The van der Waals surface area contributed by atoms with E-state index in [1.807, 2.05) is 0 Å². The Bertz CT molecular complexity index is 989. The van der Waals surface area contributed by atoms with E-state index in [4.69, 9.17) is 33.6 Å². The van der Waals surface area contributed by atoms with E-state index in [2.05, 4.69) is 5.16 Å². The van der Waals surface area contributed by atoms with Gasteiger partial charge in [-0.15, -0.1) is 0 Å². The van der Waals surface area contributed by atoms with Gasteiger partial charge in [-0.3, -0.25) is 4.79 Å². The lowest BCUT2D eigenvalue weighted by Gasteiger charge is -2.11. The van der Waals surface area contributed by atoms with Crippen molar-refractivity contribution in [3.8, 4) is 11.5 Å². The van der Waals surface area contributed by atoms with Crippen LogP contribution in [0, 0.1) is 0 Å². The van der Waals surface area contributed by atoms with Crippen molar-refractivity contribution >= 4 is 23.8 Å². The summed E-state index contributed by atoms with van der Waals surface area (Å²) >= 11 is 0. The molecule has 11 heteroatoms. The van der Waals surface area contributed by atoms with Crippen LogP contribution in [0.4, 0.5) is 0 Å². The van der Waals surface area contributed by atoms with Crippen molar-refractivity contribution < 1.29 is 48.0 Å². The molecule has 0 atom stereocenters. The van der Waals surface area contributed by atoms with Gasteiger partial charge in [0.15, 0.2) is 13.6 Å². The van der Waals surface area contributed by atoms with Gasteiger partial charge in [0.25, 0.3) is 0 Å². The molecular weight excluding hydrogens is 438 g/mol. The van der Waals surface area contributed by atoms with Crippen molar-refractivity contribution in [1.82, 2.24) is 0 Å². The Kier molecular flexibility index (Phi) is 10.3. The Hall–Kier alpha value is -3.96. The van der Waals surface area contributed by atoms with E-state index in [0.717, 1.165) is 0 Å². The second-order valence-corrected chi connectivity index (χ2v) is 6.24. The summed E-state index contributed by atoms with van der Waals surface area (Å²) in [6, 6.07) is 12.4. The van der Waals surface area contributed by atoms with Crippen LogP contribution >= 0.6 is 0 Å². The van der Waals surface area contributed by atoms with Crippen LogP contribution in [-0.2, 0) is 23.7 Å². The fourth-order valence-corrected chi connectivity index (χ4v) is 2.47. The molecule has 0 bridgehead atoms. The zero-order valence-electron chi connectivity index (χ0n) is 18.0. The second-order valence-electron chi connectivity index (χ2n) is 6.24. The molecular formula is C22H23NO10. The Balaban J connectivity index is 1.93. The Labute approximate surface area is 189 Å². The molecule has 0 amide bonds. The zero-order valence-corrected chi connectivity index (χ0v) is 18.0. The largest absolute Gasteiger partial charge is 0.467 e. The van der Waals surface area contributed by atoms with Crippen molar-refractivity contribution in [3.05, 3.63) is 59.7 Å². The number of benzene rings is 2. The first-order chi connectivity index (χ1) is 16.0. The number of carbonyl (C=O) groups is 3. The van der Waals surface area contributed by atoms with E-state index in [9.17, 15) is 14.4 Å². The molecule has 0 fully saturated rings. The predicted molar refractivity (Wildman–Crippen MR) is 112 cm³/mol. The summed E-state index contributed by atoms with van der Waals surface area (Å²) in [4.78, 5) is 36.8. The molecule has 0 unspecified atom stereocenters. The Morgan fingerprint density at radius 1 is 0.758 bits per heavy atom. The van der Waals surface area contributed by atoms with E-state index >= 15 is 0 Å². The summed E-state index contributed by atoms with van der Waals surface area (Å²) in [6.07, 6.45) is -0.710. The summed E-state index contributed by atoms with van der Waals surface area (Å²) in [5, 5.41) is 12.0. The first kappa shape index (κ1) is 25.3. The van der Waals surface area contributed by atoms with Crippen LogP contribution < -0.4 is 9.47 Å². The fourth-order valence-electron chi connectivity index (χ4n) is 2.47. The molecule has 0 heterocycles. The number of ether oxygens (including phenoxy) is 6. The van der Waals surface area contributed by atoms with Crippen molar-refractivity contribution in [2.75, 3.05) is 27.8 Å². The molecule has 0 aliphatic carbocycles. The molecule has 0 radical (unpaired) electrons. The van der Waals surface area contributed by atoms with Crippen LogP contribution in [0.5, 0.6) is 11.5 Å². The molecule has 0 aromatic heterocycles. The van der Waals surface area contributed by atoms with Gasteiger partial charge in [0.2, 0.25) is 5.90 Å². The fraction of sp³-hybridized carbons (Fsp3) is 0.273. The van der Waals surface area contributed by atoms with Gasteiger partial charge in [0, 0.05) is 20.6 Å². The molecule has 0 aliphatic heterocycles. The third-order valence-corrected chi connectivity index (χ3v) is 3.95. The average molecular weight is 461 g/mol. The van der Waals surface area contributed by atoms with Crippen LogP contribution in [-0.4, -0.2) is 56.8 Å². The minimum atomic E-state index is -0.935. The first-order valence-corrected chi connectivity index (χ1v) is 9.59. The van der Waals surface area contributed by atoms with E-state index in [-0.39, 0.29) is 42.6 Å². The summed E-state index contributed by atoms with van der Waals surface area (Å²) < 4.78 is 30.0. The quantitative estimate of drug-likeness (QED) is 0.101. The van der Waals surface area contributed by atoms with Crippen LogP contribution in [0.25, 0.3) is 0 Å². The number of carbonyl (C=O) groups excluding carboxylic acids is 3. The van der Waals surface area contributed by atoms with E-state index in [1.165, 1.54) is 38.5 Å². The molecule has 2 aromatic carbocycles. The standard InChI is InChI=1S/C22H23NO10/c1-28-13-30-17-9-5-3-7-15(17)21(25)32-19(23-27)11-12-20(24)33-22(26)16-8-4-6-10-18(16)31-14-29-2/h3-10,27H,11-14H2,1-2H3/b23-19-. The van der Waals surface area contributed by atoms with E-state index in [1.54, 1.807) is 24.3 Å². The Morgan fingerprint density at radius 3 is 1.73 bits per heavy atom. The number of rotatable bonds is 11. The highest BCUT2D eigenvalue weighted by Gasteiger charge is 2.21. The van der Waals surface area contributed by atoms with Crippen molar-refractivity contribution in [2.45, 2.75) is 12.8 Å². The Morgan fingerprint density at radius 2 is 1.24 bits per heavy atom. The maximum absolute atomic E-state index is 12.4. The third-order valence-electron chi connectivity index (χ3n) is 3.95. The van der Waals surface area contributed by atoms with Crippen molar-refractivity contribution in [3.63, 3.8) is 0 Å². The molecule has 0 spiro atoms. The van der Waals surface area contributed by atoms with Gasteiger partial charge in [0.1, 0.15) is 22.6 Å². The third kappa shape index (κ3) is 7.91. The minimum Gasteiger partial charge on any atom is -0.467 e. The molecule has 2 aromatic rings. The number of oxime groups is 1. The van der Waals surface area contributed by atoms with Gasteiger partial charge >= 0.3 is 17.9 Å². The van der Waals surface area contributed by atoms with E-state index < -0.39 is 30.2 Å². The van der Waals surface area contributed by atoms with Gasteiger partial charge in [-0.2, -0.15) is 0 Å². The monoisotopic (exact) mass is 461 g/mol. The summed E-state index contributed by atoms with van der Waals surface area (Å²) in [5.74, 6) is -2.81. The van der Waals surface area contributed by atoms with Crippen LogP contribution in [0.1, 0.15) is 33.6 Å². The maximum atomic E-state index is 12.4. The lowest BCUT2D eigenvalue weighted by molar-refractivity contribution is -0.137. The summed E-state index contributed by atoms with van der Waals surface area (Å²) in [7, 11) is 2.84. The SMILES string of the molecule is COCOc1ccccc1C(=O)OC(=O)CC/C(=N/O)OC(=O)c1ccccc1OCOC. The van der Waals surface area contributed by atoms with E-state index in [0.29, 0.717) is 0 Å². The molecule has 176 valence electrons. The summed E-state index contributed by atoms with van der Waals surface area (Å²) in [5.41, 5.74) is 0.0826. The smallest absolute Gasteiger partial charge is 0.349 e. The summed E-state index contributed by atoms with van der Waals surface area (Å²) in [6.45, 7) is -0.190. The normalized spacial score (nSPS) is 10.9. The average Bonchev–Trinajstić information content (AvgIpc) is 2.84. The first-order valence-electron chi connectivity index (χ1n) is 9.59. The van der Waals surface area contributed by atoms with Crippen molar-refractivity contribution in [2.24, 2.45) is 5.16 Å². The highest BCUT2D eigenvalue weighted by Crippen LogP contribution is 2.21. The predicted octanol–water partition coefficient (Wildman–Crippen LogP) is 2.76. The highest BCUT2D eigenvalue weighted by molar-refractivity contribution is 6.02. The number of esters is 3. The molecule has 0 aliphatic rings. The van der Waals surface area contributed by atoms with Crippen LogP contribution in [0.15, 0.2) is 53.7 Å². The van der Waals surface area contributed by atoms with Gasteiger partial charge < -0.3 is 33.6 Å². The van der Waals surface area contributed by atoms with Gasteiger partial charge in [-0.05, 0) is 24.3 Å². The molecule has 0 saturated heterocycles. The lowest BCUT2D eigenvalue weighted by Crippen LogP contribution is -2.18. The van der Waals surface area contributed by atoms with Gasteiger partial charge in [-0.1, -0.05) is 29.4 Å². The van der Waals surface area contributed by atoms with Crippen LogP contribution in [0.3, 0.4) is 0 Å². The number of nitrogens with zero attached hydrogens (tertiary/aromatic N) is 1. The minimum absolute atomic E-state index is 0.0260. The number of hydrogen-bond acceptors (Lipinski definition) is 11. The highest BCUT2D eigenvalue weighted by atomic mass is 16.7. The number of para-hydroxylation sites is 2. The number of hydrogen-bond donors (Lipinski definition) is 1. The van der Waals surface area contributed by atoms with Gasteiger partial charge in [-0.25, -0.2) is 9.59 Å². The second kappa shape index (κ2) is 13.5. The molecule has 33 heavy (non-hydrogen) atoms. The molecule has 2 rings (SSSR count). The molecule has 1 N–H and O–H groups in total. The maximum Gasteiger partial charge on any atom is 0.349 e. The topological polar surface area (TPSA) is 139 Å². The van der Waals surface area contributed by atoms with Crippen LogP contribution in [0.2, 0.25) is 0 Å². The molecule has 0 saturated carbocycles. The molecule has 11 nitrogen and oxygen atoms in total. The lowest BCUT2D eigenvalue weighted by atomic mass is 10.2.